The van der Waals surface area contributed by atoms with Gasteiger partial charge in [0.15, 0.2) is 0 Å². The zero-order valence-electron chi connectivity index (χ0n) is 15.8. The molecule has 1 saturated heterocycles. The molecule has 0 saturated carbocycles. The fourth-order valence-corrected chi connectivity index (χ4v) is 3.78. The fraction of sp³-hybridized carbons (Fsp3) is 0.227. The van der Waals surface area contributed by atoms with Gasteiger partial charge >= 0.3 is 6.03 Å². The third-order valence-corrected chi connectivity index (χ3v) is 5.32. The molecule has 6 heteroatoms. The summed E-state index contributed by atoms with van der Waals surface area (Å²) in [6.45, 7) is 0.701. The first-order valence-corrected chi connectivity index (χ1v) is 9.17. The average Bonchev–Trinajstić information content (AvgIpc) is 3.06. The number of rotatable bonds is 4. The second-order valence-electron chi connectivity index (χ2n) is 7.12. The predicted octanol–water partition coefficient (Wildman–Crippen LogP) is 2.90. The third-order valence-electron chi connectivity index (χ3n) is 5.32. The summed E-state index contributed by atoms with van der Waals surface area (Å²) in [6.07, 6.45) is 2.27. The van der Waals surface area contributed by atoms with Crippen LogP contribution in [0.5, 0.6) is 0 Å². The van der Waals surface area contributed by atoms with E-state index >= 15 is 0 Å². The largest absolute Gasteiger partial charge is 0.343 e. The molecule has 1 fully saturated rings. The Labute approximate surface area is 163 Å². The van der Waals surface area contributed by atoms with E-state index < -0.39 is 23.8 Å². The molecule has 1 aliphatic heterocycles. The SMILES string of the molecule is CN1C(=O)C(Cc2cn(Cc3ccccc3)c3ccccc23)C(=O)N(C)C1=O. The second kappa shape index (κ2) is 6.96. The minimum absolute atomic E-state index is 0.266. The molecule has 1 aromatic heterocycles. The first kappa shape index (κ1) is 18.0. The number of amides is 4. The van der Waals surface area contributed by atoms with Crippen LogP contribution in [0.3, 0.4) is 0 Å². The maximum atomic E-state index is 12.6. The first-order valence-electron chi connectivity index (χ1n) is 9.17. The lowest BCUT2D eigenvalue weighted by molar-refractivity contribution is -0.147. The summed E-state index contributed by atoms with van der Waals surface area (Å²) >= 11 is 0. The number of benzene rings is 2. The quantitative estimate of drug-likeness (QED) is 0.659. The van der Waals surface area contributed by atoms with E-state index in [0.29, 0.717) is 6.54 Å². The zero-order chi connectivity index (χ0) is 19.8. The van der Waals surface area contributed by atoms with Crippen molar-refractivity contribution in [2.45, 2.75) is 13.0 Å². The Morgan fingerprint density at radius 1 is 0.821 bits per heavy atom. The molecule has 0 spiro atoms. The summed E-state index contributed by atoms with van der Waals surface area (Å²) in [6, 6.07) is 17.5. The van der Waals surface area contributed by atoms with E-state index in [1.165, 1.54) is 19.7 Å². The van der Waals surface area contributed by atoms with Gasteiger partial charge in [-0.15, -0.1) is 0 Å². The van der Waals surface area contributed by atoms with Crippen LogP contribution in [-0.2, 0) is 22.6 Å². The van der Waals surface area contributed by atoms with Gasteiger partial charge in [0.05, 0.1) is 0 Å². The number of carbonyl (C=O) groups is 3. The summed E-state index contributed by atoms with van der Waals surface area (Å²) in [5, 5.41) is 1.02. The number of barbiturate groups is 1. The molecule has 2 aromatic carbocycles. The topological polar surface area (TPSA) is 62.6 Å². The molecule has 0 bridgehead atoms. The van der Waals surface area contributed by atoms with Crippen molar-refractivity contribution in [2.24, 2.45) is 5.92 Å². The zero-order valence-corrected chi connectivity index (χ0v) is 15.8. The summed E-state index contributed by atoms with van der Waals surface area (Å²) in [4.78, 5) is 39.2. The maximum absolute atomic E-state index is 12.6. The summed E-state index contributed by atoms with van der Waals surface area (Å²) in [5.74, 6) is -1.79. The van der Waals surface area contributed by atoms with Gasteiger partial charge in [0.2, 0.25) is 11.8 Å². The Hall–Kier alpha value is -3.41. The van der Waals surface area contributed by atoms with Gasteiger partial charge in [0.25, 0.3) is 0 Å². The molecule has 4 amide bonds. The molecule has 1 aliphatic rings. The van der Waals surface area contributed by atoms with Crippen LogP contribution in [-0.4, -0.2) is 46.3 Å². The highest BCUT2D eigenvalue weighted by Gasteiger charge is 2.42. The molecule has 0 unspecified atom stereocenters. The van der Waals surface area contributed by atoms with Crippen molar-refractivity contribution in [1.29, 1.82) is 0 Å². The van der Waals surface area contributed by atoms with Gasteiger partial charge in [-0.2, -0.15) is 0 Å². The van der Waals surface area contributed by atoms with Crippen LogP contribution in [0.2, 0.25) is 0 Å². The summed E-state index contributed by atoms with van der Waals surface area (Å²) in [7, 11) is 2.83. The fourth-order valence-electron chi connectivity index (χ4n) is 3.78. The highest BCUT2D eigenvalue weighted by molar-refractivity contribution is 6.16. The van der Waals surface area contributed by atoms with Crippen molar-refractivity contribution in [3.8, 4) is 0 Å². The Balaban J connectivity index is 1.70. The van der Waals surface area contributed by atoms with Crippen LogP contribution < -0.4 is 0 Å². The molecule has 0 radical (unpaired) electrons. The van der Waals surface area contributed by atoms with Crippen LogP contribution >= 0.6 is 0 Å². The van der Waals surface area contributed by atoms with Crippen molar-refractivity contribution in [1.82, 2.24) is 14.4 Å². The number of carbonyl (C=O) groups excluding carboxylic acids is 3. The molecule has 6 nitrogen and oxygen atoms in total. The molecule has 3 aromatic rings. The van der Waals surface area contributed by atoms with Crippen molar-refractivity contribution in [3.63, 3.8) is 0 Å². The molecule has 142 valence electrons. The van der Waals surface area contributed by atoms with Gasteiger partial charge in [-0.3, -0.25) is 19.4 Å². The van der Waals surface area contributed by atoms with Gasteiger partial charge in [0.1, 0.15) is 5.92 Å². The van der Waals surface area contributed by atoms with Gasteiger partial charge in [0, 0.05) is 37.7 Å². The van der Waals surface area contributed by atoms with Crippen LogP contribution in [0.1, 0.15) is 11.1 Å². The van der Waals surface area contributed by atoms with E-state index in [2.05, 4.69) is 16.7 Å². The lowest BCUT2D eigenvalue weighted by Crippen LogP contribution is -2.57. The normalized spacial score (nSPS) is 15.7. The highest BCUT2D eigenvalue weighted by atomic mass is 16.2. The molecular weight excluding hydrogens is 354 g/mol. The number of hydrogen-bond acceptors (Lipinski definition) is 3. The number of hydrogen-bond donors (Lipinski definition) is 0. The van der Waals surface area contributed by atoms with Gasteiger partial charge in [-0.25, -0.2) is 4.79 Å². The van der Waals surface area contributed by atoms with Gasteiger partial charge in [-0.05, 0) is 23.6 Å². The van der Waals surface area contributed by atoms with Crippen LogP contribution in [0, 0.1) is 5.92 Å². The molecule has 2 heterocycles. The van der Waals surface area contributed by atoms with Gasteiger partial charge < -0.3 is 4.57 Å². The highest BCUT2D eigenvalue weighted by Crippen LogP contribution is 2.27. The predicted molar refractivity (Wildman–Crippen MR) is 106 cm³/mol. The van der Waals surface area contributed by atoms with E-state index in [0.717, 1.165) is 26.3 Å². The number of imide groups is 2. The average molecular weight is 375 g/mol. The standard InChI is InChI=1S/C22H21N3O3/c1-23-20(26)18(21(27)24(2)22(23)28)12-16-14-25(13-15-8-4-3-5-9-15)19-11-7-6-10-17(16)19/h3-11,14,18H,12-13H2,1-2H3. The van der Waals surface area contributed by atoms with Crippen LogP contribution in [0.4, 0.5) is 4.79 Å². The Kier molecular flexibility index (Phi) is 4.47. The van der Waals surface area contributed by atoms with E-state index in [9.17, 15) is 14.4 Å². The number of fused-ring (bicyclic) bond motifs is 1. The molecule has 28 heavy (non-hydrogen) atoms. The number of para-hydroxylation sites is 1. The van der Waals surface area contributed by atoms with Crippen LogP contribution in [0.15, 0.2) is 60.8 Å². The van der Waals surface area contributed by atoms with Crippen molar-refractivity contribution in [2.75, 3.05) is 14.1 Å². The maximum Gasteiger partial charge on any atom is 0.332 e. The third kappa shape index (κ3) is 2.97. The smallest absolute Gasteiger partial charge is 0.332 e. The molecule has 0 N–H and O–H groups in total. The van der Waals surface area contributed by atoms with Crippen molar-refractivity contribution < 1.29 is 14.4 Å². The van der Waals surface area contributed by atoms with E-state index in [1.54, 1.807) is 0 Å². The lowest BCUT2D eigenvalue weighted by Gasteiger charge is -2.32. The number of aromatic nitrogens is 1. The first-order chi connectivity index (χ1) is 13.5. The summed E-state index contributed by atoms with van der Waals surface area (Å²) < 4.78 is 2.14. The minimum Gasteiger partial charge on any atom is -0.343 e. The number of nitrogens with zero attached hydrogens (tertiary/aromatic N) is 3. The van der Waals surface area contributed by atoms with E-state index in [4.69, 9.17) is 0 Å². The second-order valence-corrected chi connectivity index (χ2v) is 7.12. The van der Waals surface area contributed by atoms with Gasteiger partial charge in [-0.1, -0.05) is 48.5 Å². The minimum atomic E-state index is -0.885. The Morgan fingerprint density at radius 2 is 1.43 bits per heavy atom. The molecule has 4 rings (SSSR count). The van der Waals surface area contributed by atoms with Crippen LogP contribution in [0.25, 0.3) is 10.9 Å². The molecule has 0 aliphatic carbocycles. The number of urea groups is 1. The van der Waals surface area contributed by atoms with E-state index in [1.807, 2.05) is 48.7 Å². The molecular formula is C22H21N3O3. The van der Waals surface area contributed by atoms with Crippen molar-refractivity contribution >= 4 is 28.7 Å². The van der Waals surface area contributed by atoms with Crippen molar-refractivity contribution in [3.05, 3.63) is 71.9 Å². The monoisotopic (exact) mass is 375 g/mol. The summed E-state index contributed by atoms with van der Waals surface area (Å²) in [5.41, 5.74) is 3.15. The lowest BCUT2D eigenvalue weighted by atomic mass is 9.95. The Bertz CT molecular complexity index is 1050. The van der Waals surface area contributed by atoms with E-state index in [-0.39, 0.29) is 6.42 Å². The Morgan fingerprint density at radius 3 is 2.11 bits per heavy atom. The molecule has 0 atom stereocenters.